The van der Waals surface area contributed by atoms with Crippen LogP contribution in [0.4, 0.5) is 0 Å². The molecule has 2 saturated heterocycles. The van der Waals surface area contributed by atoms with E-state index in [2.05, 4.69) is 12.2 Å². The van der Waals surface area contributed by atoms with E-state index in [0.29, 0.717) is 13.2 Å². The van der Waals surface area contributed by atoms with Crippen LogP contribution in [-0.4, -0.2) is 55.6 Å². The molecule has 2 aliphatic heterocycles. The Bertz CT molecular complexity index is 667. The van der Waals surface area contributed by atoms with Crippen molar-refractivity contribution in [2.45, 2.75) is 90.0 Å². The van der Waals surface area contributed by atoms with Gasteiger partial charge in [-0.3, -0.25) is 4.79 Å². The highest BCUT2D eigenvalue weighted by atomic mass is 16.8. The third kappa shape index (κ3) is 6.02. The van der Waals surface area contributed by atoms with E-state index in [4.69, 9.17) is 23.7 Å². The molecule has 7 nitrogen and oxygen atoms in total. The van der Waals surface area contributed by atoms with Crippen molar-refractivity contribution in [2.24, 2.45) is 0 Å². The number of esters is 1. The summed E-state index contributed by atoms with van der Waals surface area (Å²) in [5.74, 6) is -0.989. The predicted octanol–water partition coefficient (Wildman–Crippen LogP) is 3.16. The Morgan fingerprint density at radius 2 is 1.97 bits per heavy atom. The Morgan fingerprint density at radius 1 is 1.20 bits per heavy atom. The number of ether oxygens (including phenoxy) is 5. The number of hydrogen-bond acceptors (Lipinski definition) is 7. The minimum absolute atomic E-state index is 0.205. The van der Waals surface area contributed by atoms with Crippen molar-refractivity contribution < 1.29 is 28.5 Å². The lowest BCUT2D eigenvalue weighted by atomic mass is 10.00. The highest BCUT2D eigenvalue weighted by Crippen LogP contribution is 2.40. The molecule has 2 aliphatic rings. The van der Waals surface area contributed by atoms with Gasteiger partial charge in [-0.2, -0.15) is 0 Å². The quantitative estimate of drug-likeness (QED) is 0.434. The number of carbonyl (C=O) groups is 1. The van der Waals surface area contributed by atoms with E-state index in [9.17, 15) is 4.79 Å². The Balaban J connectivity index is 1.75. The first-order chi connectivity index (χ1) is 14.4. The van der Waals surface area contributed by atoms with Crippen molar-refractivity contribution >= 4 is 5.97 Å². The summed E-state index contributed by atoms with van der Waals surface area (Å²) in [6, 6.07) is 9.74. The van der Waals surface area contributed by atoms with Gasteiger partial charge in [0.05, 0.1) is 19.6 Å². The average Bonchev–Trinajstić information content (AvgIpc) is 3.18. The van der Waals surface area contributed by atoms with E-state index in [1.165, 1.54) is 0 Å². The Hall–Kier alpha value is -1.51. The molecule has 0 aliphatic carbocycles. The maximum atomic E-state index is 12.3. The van der Waals surface area contributed by atoms with Gasteiger partial charge < -0.3 is 29.0 Å². The first-order valence-corrected chi connectivity index (χ1v) is 11.0. The van der Waals surface area contributed by atoms with Gasteiger partial charge in [0, 0.05) is 6.04 Å². The number of rotatable bonds is 11. The number of hydrogen-bond donors (Lipinski definition) is 1. The van der Waals surface area contributed by atoms with Gasteiger partial charge in [-0.1, -0.05) is 43.7 Å². The van der Waals surface area contributed by atoms with E-state index in [0.717, 1.165) is 24.9 Å². The van der Waals surface area contributed by atoms with Gasteiger partial charge >= 0.3 is 5.97 Å². The molecule has 0 saturated carbocycles. The molecule has 168 valence electrons. The van der Waals surface area contributed by atoms with Crippen LogP contribution in [0.15, 0.2) is 30.3 Å². The van der Waals surface area contributed by atoms with Crippen molar-refractivity contribution in [2.75, 3.05) is 13.2 Å². The zero-order valence-corrected chi connectivity index (χ0v) is 18.5. The average molecular weight is 422 g/mol. The molecule has 3 rings (SSSR count). The number of nitrogens with one attached hydrogen (secondary N) is 1. The summed E-state index contributed by atoms with van der Waals surface area (Å²) in [5, 5.41) is 3.47. The summed E-state index contributed by atoms with van der Waals surface area (Å²) in [7, 11) is 0. The Morgan fingerprint density at radius 3 is 2.67 bits per heavy atom. The summed E-state index contributed by atoms with van der Waals surface area (Å²) in [6.45, 7) is 9.25. The van der Waals surface area contributed by atoms with Crippen LogP contribution in [0.25, 0.3) is 0 Å². The van der Waals surface area contributed by atoms with Crippen molar-refractivity contribution in [1.82, 2.24) is 5.32 Å². The Kier molecular flexibility index (Phi) is 8.25. The normalized spacial score (nSPS) is 28.3. The van der Waals surface area contributed by atoms with Crippen LogP contribution in [0.5, 0.6) is 0 Å². The molecule has 5 atom stereocenters. The zero-order valence-electron chi connectivity index (χ0n) is 18.5. The van der Waals surface area contributed by atoms with E-state index in [1.807, 2.05) is 51.1 Å². The third-order valence-electron chi connectivity index (χ3n) is 5.34. The zero-order chi connectivity index (χ0) is 21.6. The lowest BCUT2D eigenvalue weighted by Gasteiger charge is -2.31. The van der Waals surface area contributed by atoms with Crippen LogP contribution < -0.4 is 5.32 Å². The molecule has 1 aromatic rings. The fraction of sp³-hybridized carbons (Fsp3) is 0.696. The van der Waals surface area contributed by atoms with Crippen molar-refractivity contribution in [3.63, 3.8) is 0 Å². The lowest BCUT2D eigenvalue weighted by Crippen LogP contribution is -2.50. The van der Waals surface area contributed by atoms with Gasteiger partial charge in [0.25, 0.3) is 0 Å². The van der Waals surface area contributed by atoms with Crippen LogP contribution in [0.1, 0.15) is 52.5 Å². The highest BCUT2D eigenvalue weighted by molar-refractivity contribution is 5.70. The van der Waals surface area contributed by atoms with E-state index < -0.39 is 12.1 Å². The van der Waals surface area contributed by atoms with E-state index >= 15 is 0 Å². The van der Waals surface area contributed by atoms with Crippen LogP contribution >= 0.6 is 0 Å². The van der Waals surface area contributed by atoms with Gasteiger partial charge in [0.2, 0.25) is 0 Å². The van der Waals surface area contributed by atoms with Gasteiger partial charge in [-0.25, -0.2) is 0 Å². The molecular formula is C23H35NO6. The van der Waals surface area contributed by atoms with Crippen LogP contribution in [0.3, 0.4) is 0 Å². The monoisotopic (exact) mass is 421 g/mol. The molecule has 1 N–H and O–H groups in total. The summed E-state index contributed by atoms with van der Waals surface area (Å²) >= 11 is 0. The maximum Gasteiger partial charge on any atom is 0.307 e. The minimum atomic E-state index is -0.735. The van der Waals surface area contributed by atoms with Gasteiger partial charge in [0.15, 0.2) is 12.1 Å². The van der Waals surface area contributed by atoms with Crippen molar-refractivity contribution in [1.29, 1.82) is 0 Å². The summed E-state index contributed by atoms with van der Waals surface area (Å²) in [6.07, 6.45) is 0.635. The smallest absolute Gasteiger partial charge is 0.307 e. The lowest BCUT2D eigenvalue weighted by molar-refractivity contribution is -0.223. The molecule has 7 heteroatoms. The minimum Gasteiger partial charge on any atom is -0.466 e. The number of benzene rings is 1. The first kappa shape index (κ1) is 23.2. The molecule has 2 heterocycles. The summed E-state index contributed by atoms with van der Waals surface area (Å²) < 4.78 is 29.8. The van der Waals surface area contributed by atoms with Gasteiger partial charge in [-0.05, 0) is 39.3 Å². The van der Waals surface area contributed by atoms with Crippen LogP contribution in [-0.2, 0) is 35.1 Å². The summed E-state index contributed by atoms with van der Waals surface area (Å²) in [5.41, 5.74) is 1.07. The molecule has 30 heavy (non-hydrogen) atoms. The van der Waals surface area contributed by atoms with E-state index in [-0.39, 0.29) is 36.7 Å². The number of carbonyl (C=O) groups excluding carboxylic acids is 1. The number of fused-ring (bicyclic) bond motifs is 1. The van der Waals surface area contributed by atoms with E-state index in [1.54, 1.807) is 0 Å². The fourth-order valence-corrected chi connectivity index (χ4v) is 3.95. The Labute approximate surface area is 179 Å². The molecule has 0 amide bonds. The largest absolute Gasteiger partial charge is 0.466 e. The van der Waals surface area contributed by atoms with Crippen molar-refractivity contribution in [3.05, 3.63) is 35.9 Å². The standard InChI is InChI=1S/C23H35NO6/c1-5-7-13-24-17(14-18(25)26-6-2)19-20(27-15-16-11-9-8-10-12-16)21-22(28-19)30-23(3,4)29-21/h8-12,17,19-22,24H,5-7,13-15H2,1-4H3/t17-,19-,20+,21-,22-/m1/s1. The second kappa shape index (κ2) is 10.7. The van der Waals surface area contributed by atoms with Crippen LogP contribution in [0, 0.1) is 0 Å². The molecule has 0 aromatic heterocycles. The third-order valence-corrected chi connectivity index (χ3v) is 5.34. The molecule has 0 bridgehead atoms. The highest BCUT2D eigenvalue weighted by Gasteiger charge is 2.57. The molecule has 0 radical (unpaired) electrons. The van der Waals surface area contributed by atoms with Crippen LogP contribution in [0.2, 0.25) is 0 Å². The topological polar surface area (TPSA) is 75.3 Å². The SMILES string of the molecule is CCCCN[C@H](CC(=O)OCC)[C@H]1O[C@@H]2OC(C)(C)O[C@@H]2[C@H]1OCc1ccccc1. The second-order valence-corrected chi connectivity index (χ2v) is 8.25. The fourth-order valence-electron chi connectivity index (χ4n) is 3.95. The molecule has 0 spiro atoms. The molecular weight excluding hydrogens is 386 g/mol. The second-order valence-electron chi connectivity index (χ2n) is 8.25. The maximum absolute atomic E-state index is 12.3. The molecule has 1 aromatic carbocycles. The predicted molar refractivity (Wildman–Crippen MR) is 112 cm³/mol. The molecule has 0 unspecified atom stereocenters. The first-order valence-electron chi connectivity index (χ1n) is 11.0. The van der Waals surface area contributed by atoms with Gasteiger partial charge in [-0.15, -0.1) is 0 Å². The molecule has 2 fully saturated rings. The summed E-state index contributed by atoms with van der Waals surface area (Å²) in [4.78, 5) is 12.3. The van der Waals surface area contributed by atoms with Gasteiger partial charge in [0.1, 0.15) is 18.3 Å². The van der Waals surface area contributed by atoms with Crippen molar-refractivity contribution in [3.8, 4) is 0 Å². The number of unbranched alkanes of at least 4 members (excludes halogenated alkanes) is 1.